The first-order valence-corrected chi connectivity index (χ1v) is 15.2. The molecule has 2 aromatic heterocycles. The highest BCUT2D eigenvalue weighted by atomic mass is 15.1. The molecule has 0 fully saturated rings. The molecule has 0 bridgehead atoms. The highest BCUT2D eigenvalue weighted by molar-refractivity contribution is 6.09. The molecule has 0 aliphatic carbocycles. The zero-order valence-electron chi connectivity index (χ0n) is 24.4. The molecule has 9 rings (SSSR count). The Morgan fingerprint density at radius 2 is 0.956 bits per heavy atom. The van der Waals surface area contributed by atoms with Gasteiger partial charge in [0, 0.05) is 11.1 Å². The zero-order valence-corrected chi connectivity index (χ0v) is 24.4. The van der Waals surface area contributed by atoms with E-state index in [0.29, 0.717) is 0 Å². The number of hydrogen-bond donors (Lipinski definition) is 0. The number of aromatic nitrogens is 3. The summed E-state index contributed by atoms with van der Waals surface area (Å²) in [5.41, 5.74) is 12.8. The summed E-state index contributed by atoms with van der Waals surface area (Å²) in [7, 11) is 0. The predicted octanol–water partition coefficient (Wildman–Crippen LogP) is 10.9. The summed E-state index contributed by atoms with van der Waals surface area (Å²) in [5, 5.41) is 3.57. The maximum absolute atomic E-state index is 5.13. The molecule has 0 atom stereocenters. The van der Waals surface area contributed by atoms with Gasteiger partial charge in [0.15, 0.2) is 5.65 Å². The molecule has 0 saturated heterocycles. The van der Waals surface area contributed by atoms with Crippen molar-refractivity contribution in [3.63, 3.8) is 0 Å². The summed E-state index contributed by atoms with van der Waals surface area (Å²) < 4.78 is 2.25. The number of nitrogens with zero attached hydrogens (tertiary/aromatic N) is 3. The largest absolute Gasteiger partial charge is 0.293 e. The van der Waals surface area contributed by atoms with Gasteiger partial charge in [-0.2, -0.15) is 0 Å². The van der Waals surface area contributed by atoms with Crippen molar-refractivity contribution in [2.24, 2.45) is 0 Å². The molecule has 2 heterocycles. The second-order valence-corrected chi connectivity index (χ2v) is 11.5. The molecule has 210 valence electrons. The van der Waals surface area contributed by atoms with Gasteiger partial charge in [0.25, 0.3) is 0 Å². The van der Waals surface area contributed by atoms with E-state index in [1.165, 1.54) is 33.0 Å². The molecular weight excluding hydrogens is 546 g/mol. The van der Waals surface area contributed by atoms with E-state index in [0.717, 1.165) is 49.9 Å². The van der Waals surface area contributed by atoms with Crippen LogP contribution in [0.25, 0.3) is 82.9 Å². The Hall–Kier alpha value is -6.06. The van der Waals surface area contributed by atoms with Crippen LogP contribution in [0.15, 0.2) is 164 Å². The van der Waals surface area contributed by atoms with Crippen molar-refractivity contribution in [1.29, 1.82) is 0 Å². The predicted molar refractivity (Wildman–Crippen MR) is 188 cm³/mol. The lowest BCUT2D eigenvalue weighted by Crippen LogP contribution is -1.96. The normalized spacial score (nSPS) is 11.6. The average molecular weight is 574 g/mol. The minimum Gasteiger partial charge on any atom is -0.293 e. The molecule has 0 saturated carbocycles. The molecule has 0 radical (unpaired) electrons. The summed E-state index contributed by atoms with van der Waals surface area (Å²) in [6.45, 7) is 0. The van der Waals surface area contributed by atoms with Crippen molar-refractivity contribution in [3.8, 4) is 39.1 Å². The van der Waals surface area contributed by atoms with Crippen molar-refractivity contribution >= 4 is 43.9 Å². The van der Waals surface area contributed by atoms with Crippen molar-refractivity contribution in [2.75, 3.05) is 0 Å². The molecule has 3 nitrogen and oxygen atoms in total. The second kappa shape index (κ2) is 10.3. The van der Waals surface area contributed by atoms with Gasteiger partial charge < -0.3 is 0 Å². The first-order valence-electron chi connectivity index (χ1n) is 15.2. The van der Waals surface area contributed by atoms with E-state index in [1.807, 2.05) is 30.3 Å². The minimum absolute atomic E-state index is 0.863. The summed E-state index contributed by atoms with van der Waals surface area (Å²) in [6, 6.07) is 58.2. The Morgan fingerprint density at radius 1 is 0.378 bits per heavy atom. The summed E-state index contributed by atoms with van der Waals surface area (Å²) in [5.74, 6) is 0. The van der Waals surface area contributed by atoms with Crippen LogP contribution >= 0.6 is 0 Å². The quantitative estimate of drug-likeness (QED) is 0.210. The van der Waals surface area contributed by atoms with Gasteiger partial charge in [0.05, 0.1) is 16.6 Å². The van der Waals surface area contributed by atoms with Crippen molar-refractivity contribution in [3.05, 3.63) is 164 Å². The highest BCUT2D eigenvalue weighted by Gasteiger charge is 2.17. The van der Waals surface area contributed by atoms with E-state index in [-0.39, 0.29) is 0 Å². The number of benzene rings is 7. The van der Waals surface area contributed by atoms with Crippen LogP contribution in [0.5, 0.6) is 0 Å². The Balaban J connectivity index is 1.30. The van der Waals surface area contributed by atoms with Gasteiger partial charge >= 0.3 is 0 Å². The molecule has 7 aromatic carbocycles. The van der Waals surface area contributed by atoms with Gasteiger partial charge in [-0.05, 0) is 105 Å². The fourth-order valence-electron chi connectivity index (χ4n) is 6.50. The Morgan fingerprint density at radius 3 is 1.71 bits per heavy atom. The summed E-state index contributed by atoms with van der Waals surface area (Å²) in [4.78, 5) is 10.2. The van der Waals surface area contributed by atoms with Crippen LogP contribution in [-0.2, 0) is 0 Å². The van der Waals surface area contributed by atoms with Gasteiger partial charge in [0.1, 0.15) is 5.52 Å². The Labute approximate surface area is 260 Å². The molecule has 0 spiro atoms. The topological polar surface area (TPSA) is 30.7 Å². The second-order valence-electron chi connectivity index (χ2n) is 11.5. The molecule has 0 unspecified atom stereocenters. The number of hydrogen-bond acceptors (Lipinski definition) is 2. The van der Waals surface area contributed by atoms with E-state index >= 15 is 0 Å². The van der Waals surface area contributed by atoms with Crippen LogP contribution in [0, 0.1) is 0 Å². The van der Waals surface area contributed by atoms with Crippen LogP contribution in [0.3, 0.4) is 0 Å². The highest BCUT2D eigenvalue weighted by Crippen LogP contribution is 2.37. The zero-order chi connectivity index (χ0) is 29.7. The van der Waals surface area contributed by atoms with Gasteiger partial charge in [-0.25, -0.2) is 9.97 Å². The lowest BCUT2D eigenvalue weighted by molar-refractivity contribution is 1.14. The molecule has 0 amide bonds. The monoisotopic (exact) mass is 573 g/mol. The molecule has 3 heteroatoms. The van der Waals surface area contributed by atoms with Gasteiger partial charge in [-0.1, -0.05) is 103 Å². The Kier molecular flexibility index (Phi) is 5.82. The fraction of sp³-hybridized carbons (Fsp3) is 0. The van der Waals surface area contributed by atoms with E-state index in [4.69, 9.17) is 9.97 Å². The van der Waals surface area contributed by atoms with Crippen LogP contribution in [0.4, 0.5) is 0 Å². The maximum Gasteiger partial charge on any atom is 0.165 e. The summed E-state index contributed by atoms with van der Waals surface area (Å²) in [6.07, 6.45) is 0. The fourth-order valence-corrected chi connectivity index (χ4v) is 6.50. The van der Waals surface area contributed by atoms with Gasteiger partial charge in [-0.15, -0.1) is 0 Å². The van der Waals surface area contributed by atoms with E-state index in [1.54, 1.807) is 0 Å². The third-order valence-electron chi connectivity index (χ3n) is 8.73. The first-order chi connectivity index (χ1) is 22.3. The standard InChI is InChI=1S/C42H27N3/c1-3-11-28(12-4-1)33-24-34(31-20-19-29-13-7-8-14-30(29)23-31)26-35(25-33)32-21-22-37-40(27-32)45(36-15-5-2-6-16-36)42-41(37)43-38-17-9-10-18-39(38)44-42/h1-27H. The lowest BCUT2D eigenvalue weighted by atomic mass is 9.92. The van der Waals surface area contributed by atoms with Crippen LogP contribution in [0.2, 0.25) is 0 Å². The van der Waals surface area contributed by atoms with Crippen LogP contribution < -0.4 is 0 Å². The average Bonchev–Trinajstić information content (AvgIpc) is 3.43. The number of fused-ring (bicyclic) bond motifs is 5. The third kappa shape index (κ3) is 4.37. The van der Waals surface area contributed by atoms with Crippen molar-refractivity contribution in [1.82, 2.24) is 14.5 Å². The lowest BCUT2D eigenvalue weighted by Gasteiger charge is -2.13. The van der Waals surface area contributed by atoms with Gasteiger partial charge in [0.2, 0.25) is 0 Å². The van der Waals surface area contributed by atoms with E-state index in [9.17, 15) is 0 Å². The van der Waals surface area contributed by atoms with E-state index in [2.05, 4.69) is 138 Å². The first kappa shape index (κ1) is 25.4. The molecule has 0 aliphatic heterocycles. The van der Waals surface area contributed by atoms with Crippen LogP contribution in [-0.4, -0.2) is 14.5 Å². The van der Waals surface area contributed by atoms with E-state index < -0.39 is 0 Å². The smallest absolute Gasteiger partial charge is 0.165 e. The molecule has 9 aromatic rings. The number of rotatable bonds is 4. The van der Waals surface area contributed by atoms with Crippen molar-refractivity contribution in [2.45, 2.75) is 0 Å². The number of para-hydroxylation sites is 3. The molecular formula is C42H27N3. The Bertz CT molecular complexity index is 2530. The third-order valence-corrected chi connectivity index (χ3v) is 8.73. The molecule has 0 N–H and O–H groups in total. The summed E-state index contributed by atoms with van der Waals surface area (Å²) >= 11 is 0. The minimum atomic E-state index is 0.863. The van der Waals surface area contributed by atoms with Gasteiger partial charge in [-0.3, -0.25) is 4.57 Å². The van der Waals surface area contributed by atoms with Crippen LogP contribution in [0.1, 0.15) is 0 Å². The van der Waals surface area contributed by atoms with Crippen molar-refractivity contribution < 1.29 is 0 Å². The molecule has 45 heavy (non-hydrogen) atoms. The maximum atomic E-state index is 5.13. The molecule has 0 aliphatic rings. The SMILES string of the molecule is c1ccc(-c2cc(-c3ccc4ccccc4c3)cc(-c3ccc4c5nc6ccccc6nc5n(-c5ccccc5)c4c3)c2)cc1.